The molecule has 0 saturated heterocycles. The lowest BCUT2D eigenvalue weighted by Crippen LogP contribution is -2.38. The van der Waals surface area contributed by atoms with Gasteiger partial charge in [0.15, 0.2) is 17.5 Å². The van der Waals surface area contributed by atoms with E-state index in [1.54, 1.807) is 32.7 Å². The van der Waals surface area contributed by atoms with Crippen LogP contribution < -0.4 is 24.8 Å². The second-order valence-electron chi connectivity index (χ2n) is 5.73. The number of rotatable bonds is 9. The van der Waals surface area contributed by atoms with Crippen molar-refractivity contribution in [2.75, 3.05) is 34.4 Å². The average molecular weight is 393 g/mol. The maximum absolute atomic E-state index is 5.54. The number of nitrogens with one attached hydrogen (secondary N) is 2. The normalized spacial score (nSPS) is 11.2. The van der Waals surface area contributed by atoms with E-state index in [1.165, 1.54) is 4.88 Å². The molecule has 0 aliphatic rings. The number of nitrogens with zero attached hydrogens (tertiary/aromatic N) is 2. The van der Waals surface area contributed by atoms with Crippen LogP contribution in [-0.2, 0) is 13.0 Å². The van der Waals surface area contributed by atoms with Crippen LogP contribution in [-0.4, -0.2) is 45.4 Å². The predicted molar refractivity (Wildman–Crippen MR) is 109 cm³/mol. The van der Waals surface area contributed by atoms with E-state index in [-0.39, 0.29) is 0 Å². The van der Waals surface area contributed by atoms with Crippen molar-refractivity contribution >= 4 is 17.3 Å². The van der Waals surface area contributed by atoms with Gasteiger partial charge in [-0.25, -0.2) is 9.98 Å². The molecule has 8 heteroatoms. The number of ether oxygens (including phenoxy) is 3. The zero-order chi connectivity index (χ0) is 19.6. The summed E-state index contributed by atoms with van der Waals surface area (Å²) < 4.78 is 16.3. The summed E-state index contributed by atoms with van der Waals surface area (Å²) in [6.45, 7) is 6.15. The molecule has 0 bridgehead atoms. The lowest BCUT2D eigenvalue weighted by atomic mass is 10.1. The molecule has 0 saturated carbocycles. The van der Waals surface area contributed by atoms with Crippen LogP contribution in [0.2, 0.25) is 0 Å². The maximum atomic E-state index is 5.54. The van der Waals surface area contributed by atoms with Crippen LogP contribution in [0.3, 0.4) is 0 Å². The van der Waals surface area contributed by atoms with Gasteiger partial charge in [0.1, 0.15) is 5.01 Å². The van der Waals surface area contributed by atoms with Gasteiger partial charge in [-0.05, 0) is 26.3 Å². The van der Waals surface area contributed by atoms with Gasteiger partial charge < -0.3 is 24.8 Å². The first-order valence-electron chi connectivity index (χ1n) is 8.84. The van der Waals surface area contributed by atoms with Gasteiger partial charge in [-0.1, -0.05) is 6.07 Å². The molecule has 27 heavy (non-hydrogen) atoms. The number of hydrogen-bond acceptors (Lipinski definition) is 6. The Morgan fingerprint density at radius 1 is 1.11 bits per heavy atom. The number of methoxy groups -OCH3 is 3. The summed E-state index contributed by atoms with van der Waals surface area (Å²) in [6.07, 6.45) is 2.63. The Morgan fingerprint density at radius 2 is 1.89 bits per heavy atom. The highest BCUT2D eigenvalue weighted by Gasteiger charge is 2.15. The van der Waals surface area contributed by atoms with Crippen LogP contribution in [0.1, 0.15) is 22.4 Å². The summed E-state index contributed by atoms with van der Waals surface area (Å²) in [6, 6.07) is 3.88. The van der Waals surface area contributed by atoms with Crippen molar-refractivity contribution in [3.8, 4) is 17.2 Å². The Balaban J connectivity index is 2.01. The van der Waals surface area contributed by atoms with E-state index < -0.39 is 0 Å². The molecule has 7 nitrogen and oxygen atoms in total. The Labute approximate surface area is 164 Å². The quantitative estimate of drug-likeness (QED) is 0.505. The van der Waals surface area contributed by atoms with Crippen LogP contribution in [0.15, 0.2) is 23.3 Å². The molecule has 0 spiro atoms. The summed E-state index contributed by atoms with van der Waals surface area (Å²) in [5.41, 5.74) is 1.04. The summed E-state index contributed by atoms with van der Waals surface area (Å²) in [7, 11) is 4.86. The largest absolute Gasteiger partial charge is 0.493 e. The third kappa shape index (κ3) is 5.75. The van der Waals surface area contributed by atoms with Gasteiger partial charge in [0.05, 0.1) is 27.9 Å². The van der Waals surface area contributed by atoms with Gasteiger partial charge in [0.2, 0.25) is 5.75 Å². The first-order chi connectivity index (χ1) is 13.1. The monoisotopic (exact) mass is 392 g/mol. The van der Waals surface area contributed by atoms with Crippen molar-refractivity contribution in [2.24, 2.45) is 4.99 Å². The number of aromatic nitrogens is 1. The van der Waals surface area contributed by atoms with E-state index in [4.69, 9.17) is 14.2 Å². The second-order valence-corrected chi connectivity index (χ2v) is 7.05. The fourth-order valence-corrected chi connectivity index (χ4v) is 3.35. The SMILES string of the molecule is CCNC(=NCc1ncc(C)s1)NCCc1ccc(OC)c(OC)c1OC. The average Bonchev–Trinajstić information content (AvgIpc) is 3.10. The van der Waals surface area contributed by atoms with Crippen molar-refractivity contribution < 1.29 is 14.2 Å². The molecule has 2 rings (SSSR count). The first kappa shape index (κ1) is 20.8. The molecule has 1 aromatic carbocycles. The highest BCUT2D eigenvalue weighted by atomic mass is 32.1. The maximum Gasteiger partial charge on any atom is 0.203 e. The number of hydrogen-bond donors (Lipinski definition) is 2. The van der Waals surface area contributed by atoms with Crippen molar-refractivity contribution in [1.82, 2.24) is 15.6 Å². The minimum Gasteiger partial charge on any atom is -0.493 e. The summed E-state index contributed by atoms with van der Waals surface area (Å²) in [5.74, 6) is 2.72. The molecule has 0 unspecified atom stereocenters. The zero-order valence-corrected chi connectivity index (χ0v) is 17.4. The van der Waals surface area contributed by atoms with Crippen molar-refractivity contribution in [2.45, 2.75) is 26.8 Å². The summed E-state index contributed by atoms with van der Waals surface area (Å²) in [4.78, 5) is 10.1. The van der Waals surface area contributed by atoms with Crippen LogP contribution in [0.4, 0.5) is 0 Å². The summed E-state index contributed by atoms with van der Waals surface area (Å²) >= 11 is 1.66. The van der Waals surface area contributed by atoms with E-state index in [0.29, 0.717) is 30.3 Å². The number of guanidine groups is 1. The van der Waals surface area contributed by atoms with Gasteiger partial charge in [0, 0.05) is 29.7 Å². The van der Waals surface area contributed by atoms with Crippen molar-refractivity contribution in [1.29, 1.82) is 0 Å². The van der Waals surface area contributed by atoms with E-state index in [1.807, 2.05) is 32.2 Å². The number of aryl methyl sites for hydroxylation is 1. The molecular weight excluding hydrogens is 364 g/mol. The molecule has 0 radical (unpaired) electrons. The third-order valence-corrected chi connectivity index (χ3v) is 4.76. The molecule has 1 aromatic heterocycles. The van der Waals surface area contributed by atoms with Gasteiger partial charge >= 0.3 is 0 Å². The standard InChI is InChI=1S/C19H28N4O3S/c1-6-20-19(23-12-16-22-11-13(2)27-16)21-10-9-14-7-8-15(24-3)18(26-5)17(14)25-4/h7-8,11H,6,9-10,12H2,1-5H3,(H2,20,21,23). The van der Waals surface area contributed by atoms with Crippen LogP contribution in [0.25, 0.3) is 0 Å². The molecule has 0 aliphatic heterocycles. The number of aliphatic imine (C=N–C) groups is 1. The highest BCUT2D eigenvalue weighted by molar-refractivity contribution is 7.11. The van der Waals surface area contributed by atoms with Crippen molar-refractivity contribution in [3.05, 3.63) is 33.8 Å². The minimum absolute atomic E-state index is 0.563. The molecule has 2 aromatic rings. The lowest BCUT2D eigenvalue weighted by molar-refractivity contribution is 0.322. The zero-order valence-electron chi connectivity index (χ0n) is 16.6. The van der Waals surface area contributed by atoms with E-state index in [2.05, 4.69) is 20.6 Å². The Hall–Kier alpha value is -2.48. The number of benzene rings is 1. The summed E-state index contributed by atoms with van der Waals surface area (Å²) in [5, 5.41) is 7.61. The third-order valence-electron chi connectivity index (χ3n) is 3.86. The molecular formula is C19H28N4O3S. The molecule has 0 amide bonds. The van der Waals surface area contributed by atoms with Crippen LogP contribution in [0, 0.1) is 6.92 Å². The highest BCUT2D eigenvalue weighted by Crippen LogP contribution is 2.39. The molecule has 0 fully saturated rings. The molecule has 148 valence electrons. The Bertz CT molecular complexity index is 761. The lowest BCUT2D eigenvalue weighted by Gasteiger charge is -2.16. The van der Waals surface area contributed by atoms with Crippen molar-refractivity contribution in [3.63, 3.8) is 0 Å². The van der Waals surface area contributed by atoms with E-state index in [9.17, 15) is 0 Å². The fourth-order valence-electron chi connectivity index (χ4n) is 2.64. The van der Waals surface area contributed by atoms with E-state index >= 15 is 0 Å². The van der Waals surface area contributed by atoms with Gasteiger partial charge in [-0.3, -0.25) is 0 Å². The Kier molecular flexibility index (Phi) is 8.19. The number of thiazole rings is 1. The topological polar surface area (TPSA) is 77.0 Å². The Morgan fingerprint density at radius 3 is 2.48 bits per heavy atom. The minimum atomic E-state index is 0.563. The fraction of sp³-hybridized carbons (Fsp3) is 0.474. The smallest absolute Gasteiger partial charge is 0.203 e. The second kappa shape index (κ2) is 10.6. The predicted octanol–water partition coefficient (Wildman–Crippen LogP) is 2.78. The molecule has 2 N–H and O–H groups in total. The van der Waals surface area contributed by atoms with Gasteiger partial charge in [0.25, 0.3) is 0 Å². The van der Waals surface area contributed by atoms with E-state index in [0.717, 1.165) is 29.5 Å². The molecule has 0 atom stereocenters. The molecule has 1 heterocycles. The van der Waals surface area contributed by atoms with Gasteiger partial charge in [-0.2, -0.15) is 0 Å². The van der Waals surface area contributed by atoms with Crippen LogP contribution in [0.5, 0.6) is 17.2 Å². The molecule has 0 aliphatic carbocycles. The first-order valence-corrected chi connectivity index (χ1v) is 9.65. The van der Waals surface area contributed by atoms with Gasteiger partial charge in [-0.15, -0.1) is 11.3 Å². The van der Waals surface area contributed by atoms with Crippen LogP contribution >= 0.6 is 11.3 Å².